The van der Waals surface area contributed by atoms with Gasteiger partial charge in [0.05, 0.1) is 60.8 Å². The van der Waals surface area contributed by atoms with E-state index in [1.807, 2.05) is 67.8 Å². The van der Waals surface area contributed by atoms with E-state index in [1.165, 1.54) is 25.7 Å². The molecule has 0 N–H and O–H groups in total. The Labute approximate surface area is 283 Å². The molecule has 2 atom stereocenters. The van der Waals surface area contributed by atoms with Gasteiger partial charge in [-0.3, -0.25) is 9.36 Å². The number of aromatic nitrogens is 10. The van der Waals surface area contributed by atoms with Crippen molar-refractivity contribution in [1.29, 1.82) is 10.5 Å². The second kappa shape index (κ2) is 13.6. The van der Waals surface area contributed by atoms with Gasteiger partial charge in [0.1, 0.15) is 37.4 Å². The van der Waals surface area contributed by atoms with E-state index in [9.17, 15) is 10.5 Å². The molecule has 13 heteroatoms. The Hall–Kier alpha value is -5.40. The van der Waals surface area contributed by atoms with Crippen molar-refractivity contribution in [3.8, 4) is 34.7 Å². The third kappa shape index (κ3) is 5.95. The molecule has 2 aliphatic rings. The van der Waals surface area contributed by atoms with Crippen molar-refractivity contribution in [3.63, 3.8) is 0 Å². The van der Waals surface area contributed by atoms with Gasteiger partial charge in [0.15, 0.2) is 0 Å². The lowest BCUT2D eigenvalue weighted by Gasteiger charge is -2.21. The van der Waals surface area contributed by atoms with Crippen molar-refractivity contribution >= 4 is 22.1 Å². The number of rotatable bonds is 12. The first kappa shape index (κ1) is 30.9. The first-order valence-corrected chi connectivity index (χ1v) is 17.2. The Morgan fingerprint density at radius 2 is 1.12 bits per heavy atom. The standard InChI is InChI=1S/C36H38N12O/c37-13-9-31(25-5-1-2-6-25)47-19-27(17-43-47)33-29-11-15-45(35(29)41-21-39-33)23-49-24-46-16-12-30-34(40-22-42-36(30)46)28-18-44-48(20-28)32(10-14-38)26-7-3-4-8-26/h11-12,15-22,25-26,31-32H,1-10,23-24H2/t31-,32-/m1/s1. The molecular weight excluding hydrogens is 616 g/mol. The van der Waals surface area contributed by atoms with Crippen LogP contribution in [0.5, 0.6) is 0 Å². The van der Waals surface area contributed by atoms with Crippen LogP contribution in [0.2, 0.25) is 0 Å². The van der Waals surface area contributed by atoms with Gasteiger partial charge >= 0.3 is 0 Å². The second-order valence-electron chi connectivity index (χ2n) is 13.3. The third-order valence-electron chi connectivity index (χ3n) is 10.5. The molecule has 2 aliphatic carbocycles. The van der Waals surface area contributed by atoms with Gasteiger partial charge in [0.25, 0.3) is 0 Å². The average molecular weight is 655 g/mol. The molecule has 248 valence electrons. The normalized spacial score (nSPS) is 16.8. The van der Waals surface area contributed by atoms with Crippen molar-refractivity contribution in [2.75, 3.05) is 0 Å². The number of fused-ring (bicyclic) bond motifs is 2. The molecule has 0 aromatic carbocycles. The van der Waals surface area contributed by atoms with Crippen molar-refractivity contribution < 1.29 is 4.74 Å². The molecule has 0 spiro atoms. The molecule has 0 aliphatic heterocycles. The first-order chi connectivity index (χ1) is 24.2. The quantitative estimate of drug-likeness (QED) is 0.138. The molecule has 2 saturated carbocycles. The predicted octanol–water partition coefficient (Wildman–Crippen LogP) is 6.82. The summed E-state index contributed by atoms with van der Waals surface area (Å²) in [6.45, 7) is 0.577. The smallest absolute Gasteiger partial charge is 0.145 e. The summed E-state index contributed by atoms with van der Waals surface area (Å²) >= 11 is 0. The molecule has 0 saturated heterocycles. The average Bonchev–Trinajstić information content (AvgIpc) is 3.98. The van der Waals surface area contributed by atoms with E-state index in [4.69, 9.17) is 4.74 Å². The molecule has 0 radical (unpaired) electrons. The zero-order valence-corrected chi connectivity index (χ0v) is 27.3. The number of hydrogen-bond donors (Lipinski definition) is 0. The van der Waals surface area contributed by atoms with E-state index in [-0.39, 0.29) is 25.5 Å². The summed E-state index contributed by atoms with van der Waals surface area (Å²) in [4.78, 5) is 18.4. The van der Waals surface area contributed by atoms with E-state index in [1.54, 1.807) is 12.7 Å². The Morgan fingerprint density at radius 3 is 1.55 bits per heavy atom. The lowest BCUT2D eigenvalue weighted by atomic mass is 9.96. The monoisotopic (exact) mass is 654 g/mol. The summed E-state index contributed by atoms with van der Waals surface area (Å²) in [5.74, 6) is 0.972. The summed E-state index contributed by atoms with van der Waals surface area (Å²) in [5, 5.41) is 30.2. The maximum Gasteiger partial charge on any atom is 0.145 e. The van der Waals surface area contributed by atoms with Crippen LogP contribution in [0, 0.1) is 34.5 Å². The van der Waals surface area contributed by atoms with Crippen LogP contribution in [0.4, 0.5) is 0 Å². The fraction of sp³-hybridized carbons (Fsp3) is 0.444. The van der Waals surface area contributed by atoms with E-state index in [2.05, 4.69) is 42.3 Å². The molecule has 49 heavy (non-hydrogen) atoms. The minimum atomic E-state index is 0.0868. The van der Waals surface area contributed by atoms with Gasteiger partial charge in [-0.1, -0.05) is 25.7 Å². The molecule has 0 amide bonds. The van der Waals surface area contributed by atoms with Crippen LogP contribution >= 0.6 is 0 Å². The summed E-state index contributed by atoms with van der Waals surface area (Å²) in [6, 6.07) is 8.92. The minimum Gasteiger partial charge on any atom is -0.340 e. The maximum absolute atomic E-state index is 9.49. The molecule has 8 rings (SSSR count). The van der Waals surface area contributed by atoms with E-state index in [0.717, 1.165) is 70.3 Å². The highest BCUT2D eigenvalue weighted by Crippen LogP contribution is 2.38. The molecule has 13 nitrogen and oxygen atoms in total. The Balaban J connectivity index is 0.973. The van der Waals surface area contributed by atoms with E-state index in [0.29, 0.717) is 24.7 Å². The lowest BCUT2D eigenvalue weighted by molar-refractivity contribution is 0.0316. The molecule has 6 aromatic heterocycles. The van der Waals surface area contributed by atoms with Crippen LogP contribution in [0.25, 0.3) is 44.6 Å². The van der Waals surface area contributed by atoms with Crippen LogP contribution in [0.3, 0.4) is 0 Å². The number of nitriles is 2. The van der Waals surface area contributed by atoms with Crippen molar-refractivity contribution in [2.45, 2.75) is 89.8 Å². The van der Waals surface area contributed by atoms with Gasteiger partial charge in [-0.15, -0.1) is 0 Å². The summed E-state index contributed by atoms with van der Waals surface area (Å²) in [6.07, 6.45) is 25.2. The molecule has 6 heterocycles. The van der Waals surface area contributed by atoms with Crippen LogP contribution in [0.1, 0.15) is 76.3 Å². The van der Waals surface area contributed by atoms with Crippen LogP contribution in [-0.4, -0.2) is 48.6 Å². The van der Waals surface area contributed by atoms with Crippen LogP contribution in [-0.2, 0) is 18.2 Å². The first-order valence-electron chi connectivity index (χ1n) is 17.2. The van der Waals surface area contributed by atoms with Crippen molar-refractivity contribution in [2.24, 2.45) is 11.8 Å². The molecule has 0 unspecified atom stereocenters. The zero-order chi connectivity index (χ0) is 33.2. The second-order valence-corrected chi connectivity index (χ2v) is 13.3. The molecular formula is C36H38N12O. The maximum atomic E-state index is 9.49. The largest absolute Gasteiger partial charge is 0.340 e. The van der Waals surface area contributed by atoms with Crippen LogP contribution in [0.15, 0.2) is 62.0 Å². The highest BCUT2D eigenvalue weighted by Gasteiger charge is 2.28. The Morgan fingerprint density at radius 1 is 0.673 bits per heavy atom. The van der Waals surface area contributed by atoms with Gasteiger partial charge < -0.3 is 13.9 Å². The summed E-state index contributed by atoms with van der Waals surface area (Å²) < 4.78 is 14.0. The predicted molar refractivity (Wildman–Crippen MR) is 181 cm³/mol. The van der Waals surface area contributed by atoms with E-state index >= 15 is 0 Å². The highest BCUT2D eigenvalue weighted by molar-refractivity contribution is 5.91. The summed E-state index contributed by atoms with van der Waals surface area (Å²) in [5.41, 5.74) is 4.98. The topological polar surface area (TPSA) is 154 Å². The van der Waals surface area contributed by atoms with Gasteiger partial charge in [-0.05, 0) is 49.7 Å². The van der Waals surface area contributed by atoms with Crippen molar-refractivity contribution in [3.05, 3.63) is 62.0 Å². The molecule has 0 bridgehead atoms. The number of ether oxygens (including phenoxy) is 1. The van der Waals surface area contributed by atoms with Gasteiger partial charge in [0.2, 0.25) is 0 Å². The third-order valence-corrected chi connectivity index (χ3v) is 10.5. The fourth-order valence-electron chi connectivity index (χ4n) is 8.02. The molecule has 2 fully saturated rings. The van der Waals surface area contributed by atoms with Crippen LogP contribution < -0.4 is 0 Å². The SMILES string of the molecule is N#CC[C@H](C1CCCC1)n1cc(-c2ncnc3c2ccn3COCn2ccc3c(-c4cnn([C@H](CC#N)C5CCCC5)c4)ncnc32)cn1. The zero-order valence-electron chi connectivity index (χ0n) is 27.3. The Kier molecular flexibility index (Phi) is 8.58. The van der Waals surface area contributed by atoms with E-state index < -0.39 is 0 Å². The van der Waals surface area contributed by atoms with Gasteiger partial charge in [0, 0.05) is 46.7 Å². The highest BCUT2D eigenvalue weighted by atomic mass is 16.5. The number of nitrogens with zero attached hydrogens (tertiary/aromatic N) is 12. The van der Waals surface area contributed by atoms with Gasteiger partial charge in [-0.25, -0.2) is 19.9 Å². The van der Waals surface area contributed by atoms with Gasteiger partial charge in [-0.2, -0.15) is 20.7 Å². The minimum absolute atomic E-state index is 0.0868. The number of hydrogen-bond acceptors (Lipinski definition) is 9. The lowest BCUT2D eigenvalue weighted by Crippen LogP contribution is -2.17. The van der Waals surface area contributed by atoms with Crippen molar-refractivity contribution in [1.82, 2.24) is 48.6 Å². The Bertz CT molecular complexity index is 1990. The molecule has 6 aromatic rings. The summed E-state index contributed by atoms with van der Waals surface area (Å²) in [7, 11) is 0. The fourth-order valence-corrected chi connectivity index (χ4v) is 8.02.